The molecule has 38 heavy (non-hydrogen) atoms. The van der Waals surface area contributed by atoms with Gasteiger partial charge in [0.2, 0.25) is 0 Å². The maximum absolute atomic E-state index is 12.7. The summed E-state index contributed by atoms with van der Waals surface area (Å²) in [6, 6.07) is 0. The molecule has 0 aliphatic heterocycles. The molecule has 0 heterocycles. The van der Waals surface area contributed by atoms with E-state index in [-0.39, 0.29) is 29.0 Å². The summed E-state index contributed by atoms with van der Waals surface area (Å²) < 4.78 is 19.3. The van der Waals surface area contributed by atoms with Crippen LogP contribution in [0.5, 0.6) is 0 Å². The van der Waals surface area contributed by atoms with Crippen LogP contribution in [0.2, 0.25) is 39.3 Å². The molecule has 0 bridgehead atoms. The van der Waals surface area contributed by atoms with E-state index < -0.39 is 16.6 Å². The average Bonchev–Trinajstić information content (AvgIpc) is 3.15. The lowest BCUT2D eigenvalue weighted by Crippen LogP contribution is -2.64. The lowest BCUT2D eigenvalue weighted by molar-refractivity contribution is -0.194. The number of ether oxygens (including phenoxy) is 1. The molecule has 5 nitrogen and oxygen atoms in total. The Labute approximate surface area is 234 Å². The molecule has 0 saturated heterocycles. The van der Waals surface area contributed by atoms with E-state index in [0.717, 1.165) is 38.5 Å². The Bertz CT molecular complexity index is 894. The van der Waals surface area contributed by atoms with E-state index in [0.29, 0.717) is 47.7 Å². The van der Waals surface area contributed by atoms with Gasteiger partial charge in [-0.15, -0.1) is 0 Å². The standard InChI is InChI=1S/C31H56O5Si2/c1-20(11-14-28(33)34-4)23-12-13-24-29-25(19-27(31(23,24)3)36-38(8,9)10)30(2)16-15-22(32)17-21(30)18-26(29)35-37(5,6)7/h20-21,23-27,29H,11-19H2,1-10H3/t20-,21-,23-,24+,25+,26-,27+,29+,30+,31-/m1/s1. The second kappa shape index (κ2) is 10.7. The number of hydrogen-bond acceptors (Lipinski definition) is 5. The number of ketones is 1. The van der Waals surface area contributed by atoms with Crippen molar-refractivity contribution < 1.29 is 23.2 Å². The smallest absolute Gasteiger partial charge is 0.305 e. The van der Waals surface area contributed by atoms with Crippen LogP contribution in [0.15, 0.2) is 0 Å². The molecule has 4 aliphatic rings. The SMILES string of the molecule is COC(=O)CC[C@@H](C)[C@H]1CC[C@H]2[C@@H]3[C@H](O[Si](C)(C)C)C[C@H]4CC(=O)CC[C@]4(C)[C@H]3C[C@H](O[Si](C)(C)C)[C@]12C. The van der Waals surface area contributed by atoms with Gasteiger partial charge in [0.15, 0.2) is 16.6 Å². The number of carbonyl (C=O) groups is 2. The average molecular weight is 565 g/mol. The molecule has 0 amide bonds. The van der Waals surface area contributed by atoms with E-state index in [1.54, 1.807) is 0 Å². The number of Topliss-reactive ketones (excluding diaryl/α,β-unsaturated/α-hetero) is 1. The largest absolute Gasteiger partial charge is 0.469 e. The van der Waals surface area contributed by atoms with Gasteiger partial charge in [-0.1, -0.05) is 20.8 Å². The van der Waals surface area contributed by atoms with Crippen LogP contribution in [0.4, 0.5) is 0 Å². The van der Waals surface area contributed by atoms with Crippen LogP contribution >= 0.6 is 0 Å². The molecule has 4 fully saturated rings. The number of fused-ring (bicyclic) bond motifs is 5. The van der Waals surface area contributed by atoms with Crippen molar-refractivity contribution in [1.82, 2.24) is 0 Å². The summed E-state index contributed by atoms with van der Waals surface area (Å²) in [4.78, 5) is 24.7. The fourth-order valence-electron chi connectivity index (χ4n) is 9.72. The third kappa shape index (κ3) is 5.78. The molecule has 0 radical (unpaired) electrons. The van der Waals surface area contributed by atoms with Crippen molar-refractivity contribution >= 4 is 28.4 Å². The van der Waals surface area contributed by atoms with Crippen molar-refractivity contribution in [1.29, 1.82) is 0 Å². The van der Waals surface area contributed by atoms with Crippen LogP contribution in [0, 0.1) is 46.3 Å². The van der Waals surface area contributed by atoms with Crippen LogP contribution in [-0.2, 0) is 23.2 Å². The molecule has 10 atom stereocenters. The molecule has 4 saturated carbocycles. The number of hydrogen-bond donors (Lipinski definition) is 0. The summed E-state index contributed by atoms with van der Waals surface area (Å²) >= 11 is 0. The maximum Gasteiger partial charge on any atom is 0.305 e. The van der Waals surface area contributed by atoms with Gasteiger partial charge in [0.05, 0.1) is 13.2 Å². The van der Waals surface area contributed by atoms with Crippen molar-refractivity contribution in [2.24, 2.45) is 46.3 Å². The molecule has 0 N–H and O–H groups in total. The summed E-state index contributed by atoms with van der Waals surface area (Å²) in [6.45, 7) is 21.4. The first-order valence-electron chi connectivity index (χ1n) is 15.4. The maximum atomic E-state index is 12.7. The van der Waals surface area contributed by atoms with Gasteiger partial charge in [-0.3, -0.25) is 9.59 Å². The molecule has 0 spiro atoms. The number of esters is 1. The Morgan fingerprint density at radius 2 is 1.66 bits per heavy atom. The summed E-state index contributed by atoms with van der Waals surface area (Å²) in [5.41, 5.74) is 0.264. The van der Waals surface area contributed by atoms with Crippen LogP contribution < -0.4 is 0 Å². The Balaban J connectivity index is 1.75. The van der Waals surface area contributed by atoms with Gasteiger partial charge in [0.25, 0.3) is 0 Å². The third-order valence-corrected chi connectivity index (χ3v) is 13.3. The Kier molecular flexibility index (Phi) is 8.59. The van der Waals surface area contributed by atoms with Crippen molar-refractivity contribution in [3.05, 3.63) is 0 Å². The summed E-state index contributed by atoms with van der Waals surface area (Å²) in [5.74, 6) is 3.39. The second-order valence-electron chi connectivity index (χ2n) is 15.8. The first-order chi connectivity index (χ1) is 17.5. The van der Waals surface area contributed by atoms with Gasteiger partial charge in [-0.25, -0.2) is 0 Å². The fraction of sp³-hybridized carbons (Fsp3) is 0.935. The molecule has 0 unspecified atom stereocenters. The van der Waals surface area contributed by atoms with Crippen molar-refractivity contribution in [2.75, 3.05) is 7.11 Å². The van der Waals surface area contributed by atoms with Gasteiger partial charge >= 0.3 is 5.97 Å². The molecule has 218 valence electrons. The Morgan fingerprint density at radius 1 is 1.00 bits per heavy atom. The number of methoxy groups -OCH3 is 1. The van der Waals surface area contributed by atoms with Crippen LogP contribution in [0.25, 0.3) is 0 Å². The summed E-state index contributed by atoms with van der Waals surface area (Å²) in [6.07, 6.45) is 8.92. The summed E-state index contributed by atoms with van der Waals surface area (Å²) in [7, 11) is -2.08. The topological polar surface area (TPSA) is 61.8 Å². The Hall–Kier alpha value is -0.506. The zero-order valence-electron chi connectivity index (χ0n) is 26.0. The molecule has 4 aliphatic carbocycles. The van der Waals surface area contributed by atoms with Gasteiger partial charge in [0, 0.05) is 25.4 Å². The predicted molar refractivity (Wildman–Crippen MR) is 158 cm³/mol. The molecular formula is C31H56O5Si2. The molecule has 4 rings (SSSR count). The normalized spacial score (nSPS) is 42.2. The molecule has 0 aromatic rings. The number of carbonyl (C=O) groups excluding carboxylic acids is 2. The quantitative estimate of drug-likeness (QED) is 0.226. The Morgan fingerprint density at radius 3 is 2.26 bits per heavy atom. The first kappa shape index (κ1) is 30.5. The second-order valence-corrected chi connectivity index (χ2v) is 24.8. The summed E-state index contributed by atoms with van der Waals surface area (Å²) in [5, 5.41) is 0. The zero-order chi connectivity index (χ0) is 28.3. The predicted octanol–water partition coefficient (Wildman–Crippen LogP) is 7.46. The van der Waals surface area contributed by atoms with E-state index in [1.807, 2.05) is 0 Å². The van der Waals surface area contributed by atoms with Gasteiger partial charge < -0.3 is 13.6 Å². The molecule has 0 aromatic heterocycles. The highest BCUT2D eigenvalue weighted by molar-refractivity contribution is 6.70. The van der Waals surface area contributed by atoms with E-state index in [2.05, 4.69) is 60.1 Å². The van der Waals surface area contributed by atoms with Gasteiger partial charge in [0.1, 0.15) is 5.78 Å². The zero-order valence-corrected chi connectivity index (χ0v) is 28.0. The van der Waals surface area contributed by atoms with Crippen molar-refractivity contribution in [3.63, 3.8) is 0 Å². The van der Waals surface area contributed by atoms with Crippen LogP contribution in [0.3, 0.4) is 0 Å². The minimum absolute atomic E-state index is 0.0751. The highest BCUT2D eigenvalue weighted by Crippen LogP contribution is 2.69. The fourth-order valence-corrected chi connectivity index (χ4v) is 12.1. The minimum atomic E-state index is -1.80. The van der Waals surface area contributed by atoms with E-state index in [1.165, 1.54) is 20.0 Å². The highest BCUT2D eigenvalue weighted by Gasteiger charge is 2.67. The van der Waals surface area contributed by atoms with Crippen LogP contribution in [0.1, 0.15) is 78.6 Å². The van der Waals surface area contributed by atoms with E-state index in [4.69, 9.17) is 13.6 Å². The molecular weight excluding hydrogens is 509 g/mol. The molecule has 0 aromatic carbocycles. The van der Waals surface area contributed by atoms with Gasteiger partial charge in [-0.05, 0) is 124 Å². The third-order valence-electron chi connectivity index (χ3n) is 11.3. The van der Waals surface area contributed by atoms with E-state index in [9.17, 15) is 9.59 Å². The first-order valence-corrected chi connectivity index (χ1v) is 22.3. The molecule has 7 heteroatoms. The van der Waals surface area contributed by atoms with Crippen LogP contribution in [-0.4, -0.2) is 47.7 Å². The van der Waals surface area contributed by atoms with Crippen molar-refractivity contribution in [2.45, 2.75) is 130 Å². The lowest BCUT2D eigenvalue weighted by atomic mass is 9.43. The van der Waals surface area contributed by atoms with E-state index >= 15 is 0 Å². The van der Waals surface area contributed by atoms with Gasteiger partial charge in [-0.2, -0.15) is 0 Å². The minimum Gasteiger partial charge on any atom is -0.469 e. The highest BCUT2D eigenvalue weighted by atomic mass is 28.4. The monoisotopic (exact) mass is 564 g/mol. The number of rotatable bonds is 8. The lowest BCUT2D eigenvalue weighted by Gasteiger charge is -2.65. The van der Waals surface area contributed by atoms with Crippen molar-refractivity contribution in [3.8, 4) is 0 Å².